The fraction of sp³-hybridized carbons (Fsp3) is 1.00. The van der Waals surface area contributed by atoms with Crippen LogP contribution in [-0.4, -0.2) is 37.0 Å². The predicted octanol–water partition coefficient (Wildman–Crippen LogP) is 1.30. The Balaban J connectivity index is 2.20. The third kappa shape index (κ3) is 3.95. The Morgan fingerprint density at radius 2 is 2.14 bits per heavy atom. The van der Waals surface area contributed by atoms with Gasteiger partial charge in [-0.15, -0.1) is 0 Å². The van der Waals surface area contributed by atoms with E-state index in [0.29, 0.717) is 12.1 Å². The molecule has 0 amide bonds. The first-order chi connectivity index (χ1) is 6.74. The van der Waals surface area contributed by atoms with Crippen molar-refractivity contribution in [3.05, 3.63) is 0 Å². The molecule has 1 saturated carbocycles. The van der Waals surface area contributed by atoms with Gasteiger partial charge in [0.1, 0.15) is 0 Å². The SMILES string of the molecule is COCCC(C)NC1CCCCC1O. The molecule has 0 bridgehead atoms. The first-order valence-electron chi connectivity index (χ1n) is 5.67. The number of nitrogens with one attached hydrogen (secondary N) is 1. The highest BCUT2D eigenvalue weighted by Gasteiger charge is 2.23. The van der Waals surface area contributed by atoms with Crippen LogP contribution in [0.25, 0.3) is 0 Å². The third-order valence-electron chi connectivity index (χ3n) is 2.98. The van der Waals surface area contributed by atoms with Crippen LogP contribution in [0.15, 0.2) is 0 Å². The van der Waals surface area contributed by atoms with E-state index in [4.69, 9.17) is 4.74 Å². The molecule has 1 fully saturated rings. The zero-order valence-electron chi connectivity index (χ0n) is 9.33. The van der Waals surface area contributed by atoms with Crippen LogP contribution in [0.1, 0.15) is 39.0 Å². The lowest BCUT2D eigenvalue weighted by molar-refractivity contribution is 0.0823. The minimum atomic E-state index is -0.145. The van der Waals surface area contributed by atoms with Crippen LogP contribution in [0, 0.1) is 0 Å². The molecule has 84 valence electrons. The molecule has 0 aromatic rings. The zero-order valence-corrected chi connectivity index (χ0v) is 9.33. The van der Waals surface area contributed by atoms with Gasteiger partial charge in [-0.2, -0.15) is 0 Å². The van der Waals surface area contributed by atoms with Gasteiger partial charge in [0, 0.05) is 25.8 Å². The van der Waals surface area contributed by atoms with Crippen molar-refractivity contribution in [3.8, 4) is 0 Å². The fourth-order valence-electron chi connectivity index (χ4n) is 2.05. The average molecular weight is 201 g/mol. The molecule has 14 heavy (non-hydrogen) atoms. The fourth-order valence-corrected chi connectivity index (χ4v) is 2.05. The van der Waals surface area contributed by atoms with Crippen molar-refractivity contribution in [2.24, 2.45) is 0 Å². The molecule has 3 unspecified atom stereocenters. The van der Waals surface area contributed by atoms with E-state index in [1.165, 1.54) is 12.8 Å². The molecule has 1 rings (SSSR count). The number of hydrogen-bond donors (Lipinski definition) is 2. The molecule has 0 aromatic heterocycles. The third-order valence-corrected chi connectivity index (χ3v) is 2.98. The number of rotatable bonds is 5. The van der Waals surface area contributed by atoms with Gasteiger partial charge >= 0.3 is 0 Å². The Labute approximate surface area is 86.8 Å². The lowest BCUT2D eigenvalue weighted by Gasteiger charge is -2.31. The highest BCUT2D eigenvalue weighted by molar-refractivity contribution is 4.82. The monoisotopic (exact) mass is 201 g/mol. The van der Waals surface area contributed by atoms with E-state index in [-0.39, 0.29) is 6.10 Å². The van der Waals surface area contributed by atoms with Crippen LogP contribution < -0.4 is 5.32 Å². The van der Waals surface area contributed by atoms with E-state index in [1.807, 2.05) is 0 Å². The molecular weight excluding hydrogens is 178 g/mol. The van der Waals surface area contributed by atoms with Crippen LogP contribution >= 0.6 is 0 Å². The molecule has 0 radical (unpaired) electrons. The molecule has 1 aliphatic carbocycles. The number of ether oxygens (including phenoxy) is 1. The number of methoxy groups -OCH3 is 1. The minimum Gasteiger partial charge on any atom is -0.392 e. The Kier molecular flexibility index (Phi) is 5.45. The van der Waals surface area contributed by atoms with E-state index in [1.54, 1.807) is 7.11 Å². The van der Waals surface area contributed by atoms with Crippen molar-refractivity contribution in [2.45, 2.75) is 57.2 Å². The summed E-state index contributed by atoms with van der Waals surface area (Å²) in [7, 11) is 1.72. The van der Waals surface area contributed by atoms with Crippen molar-refractivity contribution in [1.82, 2.24) is 5.32 Å². The largest absolute Gasteiger partial charge is 0.392 e. The molecule has 3 nitrogen and oxygen atoms in total. The van der Waals surface area contributed by atoms with Crippen molar-refractivity contribution in [1.29, 1.82) is 0 Å². The first kappa shape index (κ1) is 12.0. The lowest BCUT2D eigenvalue weighted by Crippen LogP contribution is -2.46. The predicted molar refractivity (Wildman–Crippen MR) is 57.4 cm³/mol. The topological polar surface area (TPSA) is 41.5 Å². The lowest BCUT2D eigenvalue weighted by atomic mass is 9.92. The van der Waals surface area contributed by atoms with Gasteiger partial charge in [0.25, 0.3) is 0 Å². The van der Waals surface area contributed by atoms with Crippen LogP contribution in [-0.2, 0) is 4.74 Å². The number of hydrogen-bond acceptors (Lipinski definition) is 3. The molecule has 0 saturated heterocycles. The highest BCUT2D eigenvalue weighted by atomic mass is 16.5. The summed E-state index contributed by atoms with van der Waals surface area (Å²) in [5, 5.41) is 13.2. The quantitative estimate of drug-likeness (QED) is 0.704. The number of aliphatic hydroxyl groups is 1. The van der Waals surface area contributed by atoms with Crippen LogP contribution in [0.4, 0.5) is 0 Å². The molecule has 3 atom stereocenters. The molecular formula is C11H23NO2. The van der Waals surface area contributed by atoms with E-state index < -0.39 is 0 Å². The van der Waals surface area contributed by atoms with Gasteiger partial charge in [-0.3, -0.25) is 0 Å². The van der Waals surface area contributed by atoms with E-state index in [9.17, 15) is 5.11 Å². The van der Waals surface area contributed by atoms with E-state index in [2.05, 4.69) is 12.2 Å². The standard InChI is InChI=1S/C11H23NO2/c1-9(7-8-14-2)12-10-5-3-4-6-11(10)13/h9-13H,3-8H2,1-2H3. The maximum atomic E-state index is 9.75. The highest BCUT2D eigenvalue weighted by Crippen LogP contribution is 2.18. The summed E-state index contributed by atoms with van der Waals surface area (Å²) in [6.45, 7) is 2.94. The summed E-state index contributed by atoms with van der Waals surface area (Å²) in [5.74, 6) is 0. The van der Waals surface area contributed by atoms with Gasteiger partial charge in [-0.25, -0.2) is 0 Å². The Hall–Kier alpha value is -0.120. The summed E-state index contributed by atoms with van der Waals surface area (Å²) in [5.41, 5.74) is 0. The minimum absolute atomic E-state index is 0.145. The molecule has 3 heteroatoms. The van der Waals surface area contributed by atoms with Crippen molar-refractivity contribution >= 4 is 0 Å². The summed E-state index contributed by atoms with van der Waals surface area (Å²) < 4.78 is 5.03. The Morgan fingerprint density at radius 1 is 1.43 bits per heavy atom. The maximum Gasteiger partial charge on any atom is 0.0693 e. The molecule has 1 aliphatic rings. The van der Waals surface area contributed by atoms with E-state index >= 15 is 0 Å². The van der Waals surface area contributed by atoms with Gasteiger partial charge < -0.3 is 15.2 Å². The van der Waals surface area contributed by atoms with Gasteiger partial charge in [-0.05, 0) is 26.2 Å². The first-order valence-corrected chi connectivity index (χ1v) is 5.67. The normalized spacial score (nSPS) is 30.2. The second-order valence-electron chi connectivity index (χ2n) is 4.31. The van der Waals surface area contributed by atoms with Crippen LogP contribution in [0.5, 0.6) is 0 Å². The average Bonchev–Trinajstić information content (AvgIpc) is 2.18. The molecule has 2 N–H and O–H groups in total. The van der Waals surface area contributed by atoms with Gasteiger partial charge in [0.05, 0.1) is 6.10 Å². The second-order valence-corrected chi connectivity index (χ2v) is 4.31. The Morgan fingerprint density at radius 3 is 2.79 bits per heavy atom. The van der Waals surface area contributed by atoms with Gasteiger partial charge in [0.15, 0.2) is 0 Å². The van der Waals surface area contributed by atoms with Crippen LogP contribution in [0.3, 0.4) is 0 Å². The summed E-state index contributed by atoms with van der Waals surface area (Å²) in [4.78, 5) is 0. The maximum absolute atomic E-state index is 9.75. The van der Waals surface area contributed by atoms with Crippen molar-refractivity contribution in [2.75, 3.05) is 13.7 Å². The molecule has 0 spiro atoms. The number of aliphatic hydroxyl groups excluding tert-OH is 1. The summed E-state index contributed by atoms with van der Waals surface area (Å²) in [6.07, 6.45) is 5.35. The summed E-state index contributed by atoms with van der Waals surface area (Å²) >= 11 is 0. The Bertz CT molecular complexity index is 152. The van der Waals surface area contributed by atoms with Gasteiger partial charge in [0.2, 0.25) is 0 Å². The smallest absolute Gasteiger partial charge is 0.0693 e. The van der Waals surface area contributed by atoms with Crippen molar-refractivity contribution in [3.63, 3.8) is 0 Å². The van der Waals surface area contributed by atoms with Gasteiger partial charge in [-0.1, -0.05) is 12.8 Å². The zero-order chi connectivity index (χ0) is 10.4. The summed E-state index contributed by atoms with van der Waals surface area (Å²) in [6, 6.07) is 0.739. The van der Waals surface area contributed by atoms with Crippen LogP contribution in [0.2, 0.25) is 0 Å². The van der Waals surface area contributed by atoms with E-state index in [0.717, 1.165) is 25.9 Å². The molecule has 0 aliphatic heterocycles. The molecule has 0 aromatic carbocycles. The van der Waals surface area contributed by atoms with Crippen molar-refractivity contribution < 1.29 is 9.84 Å². The molecule has 0 heterocycles. The second kappa shape index (κ2) is 6.38.